The summed E-state index contributed by atoms with van der Waals surface area (Å²) >= 11 is 0. The van der Waals surface area contributed by atoms with Gasteiger partial charge in [0.15, 0.2) is 5.96 Å². The number of aliphatic hydroxyl groups is 2. The van der Waals surface area contributed by atoms with Crippen LogP contribution in [-0.4, -0.2) is 241 Å². The summed E-state index contributed by atoms with van der Waals surface area (Å²) in [5.74, 6) is -20.0. The fourth-order valence-corrected chi connectivity index (χ4v) is 12.3. The van der Waals surface area contributed by atoms with Crippen molar-refractivity contribution >= 4 is 112 Å². The average molecular weight is 1660 g/mol. The summed E-state index contributed by atoms with van der Waals surface area (Å²) in [5.41, 5.74) is 18.9. The number of benzene rings is 2. The minimum atomic E-state index is -1.95. The molecule has 0 fully saturated rings. The Morgan fingerprint density at radius 3 is 1.30 bits per heavy atom. The molecule has 19 atom stereocenters. The van der Waals surface area contributed by atoms with Crippen LogP contribution in [0.1, 0.15) is 165 Å². The molecule has 118 heavy (non-hydrogen) atoms. The van der Waals surface area contributed by atoms with E-state index in [2.05, 4.69) is 74.1 Å². The molecular weight excluding hydrogens is 1540 g/mol. The van der Waals surface area contributed by atoms with Crippen LogP contribution in [0.2, 0.25) is 0 Å². The van der Waals surface area contributed by atoms with Gasteiger partial charge in [0.05, 0.1) is 31.1 Å². The zero-order chi connectivity index (χ0) is 89.0. The first-order valence-electron chi connectivity index (χ1n) is 39.6. The maximum absolute atomic E-state index is 15.0. The van der Waals surface area contributed by atoms with E-state index >= 15 is 0 Å². The van der Waals surface area contributed by atoms with Gasteiger partial charge in [0.25, 0.3) is 0 Å². The number of carboxylic acids is 3. The number of H-pyrrole nitrogens is 1. The second-order valence-electron chi connectivity index (χ2n) is 30.2. The van der Waals surface area contributed by atoms with Crippen LogP contribution in [0.4, 0.5) is 0 Å². The van der Waals surface area contributed by atoms with E-state index in [9.17, 15) is 102 Å². The lowest BCUT2D eigenvalue weighted by Crippen LogP contribution is -2.63. The summed E-state index contributed by atoms with van der Waals surface area (Å²) in [6, 6.07) is -6.22. The molecule has 0 aliphatic carbocycles. The molecule has 1 heterocycles. The summed E-state index contributed by atoms with van der Waals surface area (Å²) in [5, 5.41) is 93.2. The topological polar surface area (TPSA) is 660 Å². The highest BCUT2D eigenvalue weighted by atomic mass is 16.4. The molecule has 0 aliphatic heterocycles. The SMILES string of the molecule is CC[C@H](C)[C@H](NC(=O)[C@H](CC(C)C)NC(=O)[C@H](Cc1c[nH]c2ccccc12)NC(=O)[C@H](C)NC(=O)[C@@H](NC(=O)[C@H](Cc1ccccc1)NC(=O)[C@H](CC(=O)O)NC(=O)[C@@H](N)CCCNC(=N)N)[C@@H](C)CC)C(=O)N[C@@H](C)C(=O)N[C@H](C(=O)N[C@@H](CCCCN)C(=O)N[C@H](C(=O)N[C@H](C(=O)N[C@@H](CC(=O)O)C(=O)O)[C@@H](C)O)[C@@H](C)CC)[C@@H](C)O. The maximum Gasteiger partial charge on any atom is 0.326 e. The van der Waals surface area contributed by atoms with Gasteiger partial charge >= 0.3 is 17.9 Å². The average Bonchev–Trinajstić information content (AvgIpc) is 1.54. The second-order valence-corrected chi connectivity index (χ2v) is 30.2. The quantitative estimate of drug-likeness (QED) is 0.0152. The number of carbonyl (C=O) groups is 16. The van der Waals surface area contributed by atoms with Gasteiger partial charge < -0.3 is 122 Å². The van der Waals surface area contributed by atoms with Crippen LogP contribution in [0.25, 0.3) is 10.9 Å². The van der Waals surface area contributed by atoms with Crippen LogP contribution < -0.4 is 91.6 Å². The predicted molar refractivity (Wildman–Crippen MR) is 432 cm³/mol. The third-order valence-electron chi connectivity index (χ3n) is 19.9. The summed E-state index contributed by atoms with van der Waals surface area (Å²) in [6.07, 6.45) is -2.55. The minimum absolute atomic E-state index is 0.0332. The number of unbranched alkanes of at least 4 members (excludes halogenated alkanes) is 1. The number of aromatic amines is 1. The van der Waals surface area contributed by atoms with E-state index in [0.29, 0.717) is 28.5 Å². The Hall–Kier alpha value is -11.4. The highest BCUT2D eigenvalue weighted by Crippen LogP contribution is 2.21. The molecule has 1 aromatic heterocycles. The number of carboxylic acid groups (broad SMARTS) is 3. The van der Waals surface area contributed by atoms with Gasteiger partial charge in [-0.3, -0.25) is 77.3 Å². The van der Waals surface area contributed by atoms with E-state index in [4.69, 9.17) is 22.6 Å². The standard InChI is InChI=1S/C78H123N19O21/c1-13-39(6)59(73(113)86-43(10)65(105)96-62(44(11)98)75(115)87-51(29-21-22-30-79)67(107)93-61(41(8)15-3)74(114)97-63(45(12)99)76(116)92-56(77(117)118)36-58(102)103)94-70(110)52(32-38(4)5)90-68(108)54(34-47-37-84-50-28-20-19-26-48(47)50)88-64(104)42(9)85-72(112)60(40(7)14-2)95-71(111)53(33-46-24-17-16-18-25-46)91-69(109)55(35-57(100)101)89-66(106)49(80)27-23-31-83-78(81)82/h16-20,24-26,28,37-45,49,51-56,59-63,84,98-99H,13-15,21-23,27,29-36,79-80H2,1-12H3,(H,85,112)(H,86,113)(H,87,115)(H,88,104)(H,89,106)(H,90,108)(H,91,109)(H,92,116)(H,93,107)(H,94,110)(H,95,111)(H,96,105)(H,97,114)(H,100,101)(H,102,103)(H,117,118)(H4,81,82,83)/t39-,40-,41-,42-,43-,44+,45+,49-,51-,52-,53-,54-,55-,56-,59-,60-,61-,62-,63-/m0/s1. The second kappa shape index (κ2) is 50.3. The van der Waals surface area contributed by atoms with Crippen molar-refractivity contribution in [2.24, 2.45) is 40.9 Å². The Labute approximate surface area is 685 Å². The molecule has 0 bridgehead atoms. The highest BCUT2D eigenvalue weighted by Gasteiger charge is 2.41. The van der Waals surface area contributed by atoms with Gasteiger partial charge in [0.2, 0.25) is 76.8 Å². The minimum Gasteiger partial charge on any atom is -0.481 e. The van der Waals surface area contributed by atoms with Crippen LogP contribution in [0.3, 0.4) is 0 Å². The predicted octanol–water partition coefficient (Wildman–Crippen LogP) is -3.01. The highest BCUT2D eigenvalue weighted by molar-refractivity contribution is 6.01. The van der Waals surface area contributed by atoms with E-state index in [-0.39, 0.29) is 89.2 Å². The van der Waals surface area contributed by atoms with Crippen LogP contribution in [-0.2, 0) is 89.6 Å². The lowest BCUT2D eigenvalue weighted by molar-refractivity contribution is -0.148. The number of nitrogens with two attached hydrogens (primary N) is 3. The molecule has 656 valence electrons. The summed E-state index contributed by atoms with van der Waals surface area (Å²) in [4.78, 5) is 223. The summed E-state index contributed by atoms with van der Waals surface area (Å²) in [6.45, 7) is 18.6. The molecule has 0 aliphatic rings. The fourth-order valence-electron chi connectivity index (χ4n) is 12.3. The Balaban J connectivity index is 1.91. The molecule has 0 spiro atoms. The molecule has 3 aromatic rings. The monoisotopic (exact) mass is 1660 g/mol. The number of aromatic nitrogens is 1. The number of fused-ring (bicyclic) bond motifs is 1. The number of hydrogen-bond acceptors (Lipinski definition) is 21. The van der Waals surface area contributed by atoms with E-state index in [0.717, 1.165) is 13.8 Å². The van der Waals surface area contributed by atoms with Gasteiger partial charge in [-0.2, -0.15) is 0 Å². The first-order valence-corrected chi connectivity index (χ1v) is 39.6. The fraction of sp³-hybridized carbons (Fsp3) is 0.603. The third kappa shape index (κ3) is 33.7. The van der Waals surface area contributed by atoms with Crippen molar-refractivity contribution in [3.05, 3.63) is 71.9 Å². The normalized spacial score (nSPS) is 16.1. The van der Waals surface area contributed by atoms with E-state index in [1.54, 1.807) is 116 Å². The van der Waals surface area contributed by atoms with Crippen molar-refractivity contribution in [2.45, 2.75) is 263 Å². The van der Waals surface area contributed by atoms with Crippen LogP contribution in [0.15, 0.2) is 60.8 Å². The van der Waals surface area contributed by atoms with Crippen molar-refractivity contribution in [2.75, 3.05) is 13.1 Å². The molecule has 0 saturated carbocycles. The van der Waals surface area contributed by atoms with Gasteiger partial charge in [0.1, 0.15) is 78.5 Å². The van der Waals surface area contributed by atoms with Gasteiger partial charge in [0, 0.05) is 36.5 Å². The van der Waals surface area contributed by atoms with Gasteiger partial charge in [-0.25, -0.2) is 4.79 Å². The Kier molecular flexibility index (Phi) is 43.0. The zero-order valence-electron chi connectivity index (χ0n) is 68.9. The molecule has 0 saturated heterocycles. The molecular formula is C78H123N19O21. The number of para-hydroxylation sites is 1. The van der Waals surface area contributed by atoms with Gasteiger partial charge in [-0.15, -0.1) is 0 Å². The summed E-state index contributed by atoms with van der Waals surface area (Å²) < 4.78 is 0. The van der Waals surface area contributed by atoms with Crippen molar-refractivity contribution in [3.8, 4) is 0 Å². The molecule has 40 nitrogen and oxygen atoms in total. The molecule has 13 amide bonds. The molecule has 40 heteroatoms. The van der Waals surface area contributed by atoms with Crippen molar-refractivity contribution in [1.29, 1.82) is 5.41 Å². The largest absolute Gasteiger partial charge is 0.481 e. The number of aliphatic hydroxyl groups excluding tert-OH is 2. The van der Waals surface area contributed by atoms with Crippen molar-refractivity contribution in [3.63, 3.8) is 0 Å². The molecule has 0 radical (unpaired) electrons. The maximum atomic E-state index is 15.0. The molecule has 2 aromatic carbocycles. The van der Waals surface area contributed by atoms with Crippen LogP contribution in [0.5, 0.6) is 0 Å². The molecule has 0 unspecified atom stereocenters. The first-order chi connectivity index (χ1) is 55.5. The number of carbonyl (C=O) groups excluding carboxylic acids is 13. The lowest BCUT2D eigenvalue weighted by atomic mass is 9.96. The summed E-state index contributed by atoms with van der Waals surface area (Å²) in [7, 11) is 0. The zero-order valence-corrected chi connectivity index (χ0v) is 68.9. The third-order valence-corrected chi connectivity index (χ3v) is 19.9. The Bertz CT molecular complexity index is 3920. The van der Waals surface area contributed by atoms with E-state index in [1.807, 2.05) is 5.32 Å². The van der Waals surface area contributed by atoms with Gasteiger partial charge in [-0.05, 0) is 114 Å². The number of rotatable bonds is 53. The molecule has 3 rings (SSSR count). The van der Waals surface area contributed by atoms with E-state index in [1.165, 1.54) is 13.8 Å². The Morgan fingerprint density at radius 1 is 0.424 bits per heavy atom. The number of guanidine groups is 1. The number of hydrogen-bond donors (Lipinski definition) is 24. The van der Waals surface area contributed by atoms with Crippen LogP contribution in [0, 0.1) is 29.1 Å². The number of nitrogens with one attached hydrogen (secondary N) is 16. The van der Waals surface area contributed by atoms with E-state index < -0.39 is 222 Å². The number of amides is 13. The van der Waals surface area contributed by atoms with Gasteiger partial charge in [-0.1, -0.05) is 123 Å². The first kappa shape index (κ1) is 101. The van der Waals surface area contributed by atoms with Crippen molar-refractivity contribution in [1.82, 2.24) is 79.4 Å². The number of aliphatic carboxylic acids is 3. The Morgan fingerprint density at radius 2 is 0.814 bits per heavy atom. The molecule has 27 N–H and O–H groups in total. The van der Waals surface area contributed by atoms with Crippen molar-refractivity contribution < 1.29 is 102 Å². The lowest BCUT2D eigenvalue weighted by Gasteiger charge is -2.30. The smallest absolute Gasteiger partial charge is 0.326 e. The van der Waals surface area contributed by atoms with Crippen LogP contribution >= 0.6 is 0 Å².